The van der Waals surface area contributed by atoms with Gasteiger partial charge in [0.15, 0.2) is 0 Å². The Balaban J connectivity index is 1.38. The second kappa shape index (κ2) is 6.82. The maximum atomic E-state index is 12.0. The largest absolute Gasteiger partial charge is 0.364 e. The number of aromatic nitrogens is 1. The molecule has 1 aliphatic carbocycles. The number of rotatable bonds is 4. The highest BCUT2D eigenvalue weighted by molar-refractivity contribution is 5.94. The fraction of sp³-hybridized carbons (Fsp3) is 0.765. The summed E-state index contributed by atoms with van der Waals surface area (Å²) in [6, 6.07) is 0. The van der Waals surface area contributed by atoms with Crippen LogP contribution < -0.4 is 5.32 Å². The van der Waals surface area contributed by atoms with E-state index in [1.807, 2.05) is 0 Å². The molecule has 0 unspecified atom stereocenters. The van der Waals surface area contributed by atoms with Gasteiger partial charge >= 0.3 is 0 Å². The number of piperidine rings is 1. The summed E-state index contributed by atoms with van der Waals surface area (Å²) in [6.07, 6.45) is 11.2. The SMILES string of the molecule is Cc1nocc1C(=O)NCCN1CCC2(CCCCC2)CC1. The molecule has 1 aromatic heterocycles. The molecule has 1 amide bonds. The molecule has 122 valence electrons. The van der Waals surface area contributed by atoms with E-state index < -0.39 is 0 Å². The summed E-state index contributed by atoms with van der Waals surface area (Å²) >= 11 is 0. The minimum Gasteiger partial charge on any atom is -0.364 e. The molecule has 5 heteroatoms. The Hall–Kier alpha value is -1.36. The number of aryl methyl sites for hydroxylation is 1. The number of nitrogens with one attached hydrogen (secondary N) is 1. The quantitative estimate of drug-likeness (QED) is 0.929. The summed E-state index contributed by atoms with van der Waals surface area (Å²) in [5, 5.41) is 6.70. The van der Waals surface area contributed by atoms with E-state index >= 15 is 0 Å². The molecule has 0 radical (unpaired) electrons. The van der Waals surface area contributed by atoms with E-state index in [9.17, 15) is 4.79 Å². The van der Waals surface area contributed by atoms with Gasteiger partial charge in [0.25, 0.3) is 5.91 Å². The minimum atomic E-state index is -0.0838. The molecule has 0 bridgehead atoms. The lowest BCUT2D eigenvalue weighted by Gasteiger charge is -2.44. The predicted molar refractivity (Wildman–Crippen MR) is 84.8 cm³/mol. The Labute approximate surface area is 132 Å². The Bertz CT molecular complexity index is 496. The highest BCUT2D eigenvalue weighted by Gasteiger charge is 2.35. The zero-order valence-electron chi connectivity index (χ0n) is 13.6. The normalized spacial score (nSPS) is 21.9. The Kier molecular flexibility index (Phi) is 4.81. The number of hydrogen-bond acceptors (Lipinski definition) is 4. The van der Waals surface area contributed by atoms with Crippen molar-refractivity contribution >= 4 is 5.91 Å². The predicted octanol–water partition coefficient (Wildman–Crippen LogP) is 2.76. The number of amides is 1. The summed E-state index contributed by atoms with van der Waals surface area (Å²) in [6.45, 7) is 5.78. The van der Waals surface area contributed by atoms with Gasteiger partial charge in [0.05, 0.1) is 5.69 Å². The van der Waals surface area contributed by atoms with Crippen LogP contribution in [-0.2, 0) is 0 Å². The van der Waals surface area contributed by atoms with Crippen molar-refractivity contribution in [2.24, 2.45) is 5.41 Å². The van der Waals surface area contributed by atoms with Crippen LogP contribution in [-0.4, -0.2) is 42.1 Å². The van der Waals surface area contributed by atoms with Crippen LogP contribution in [0.1, 0.15) is 61.0 Å². The molecule has 2 fully saturated rings. The van der Waals surface area contributed by atoms with Gasteiger partial charge in [-0.05, 0) is 51.1 Å². The zero-order valence-corrected chi connectivity index (χ0v) is 13.6. The second-order valence-corrected chi connectivity index (χ2v) is 6.97. The minimum absolute atomic E-state index is 0.0838. The summed E-state index contributed by atoms with van der Waals surface area (Å²) in [7, 11) is 0. The standard InChI is InChI=1S/C17H27N3O2/c1-14-15(13-22-19-14)16(21)18-9-12-20-10-7-17(8-11-20)5-3-2-4-6-17/h13H,2-12H2,1H3,(H,18,21). The lowest BCUT2D eigenvalue weighted by atomic mass is 9.68. The van der Waals surface area contributed by atoms with E-state index in [0.29, 0.717) is 23.2 Å². The number of carbonyl (C=O) groups is 1. The van der Waals surface area contributed by atoms with Gasteiger partial charge in [-0.1, -0.05) is 24.4 Å². The van der Waals surface area contributed by atoms with E-state index in [2.05, 4.69) is 15.4 Å². The van der Waals surface area contributed by atoms with E-state index in [-0.39, 0.29) is 5.91 Å². The van der Waals surface area contributed by atoms with Gasteiger partial charge < -0.3 is 14.7 Å². The van der Waals surface area contributed by atoms with E-state index in [4.69, 9.17) is 4.52 Å². The van der Waals surface area contributed by atoms with Gasteiger partial charge in [-0.25, -0.2) is 0 Å². The molecule has 2 aliphatic rings. The van der Waals surface area contributed by atoms with Gasteiger partial charge in [-0.3, -0.25) is 4.79 Å². The third-order valence-electron chi connectivity index (χ3n) is 5.54. The van der Waals surface area contributed by atoms with Crippen molar-refractivity contribution in [3.63, 3.8) is 0 Å². The van der Waals surface area contributed by atoms with Crippen LogP contribution in [0, 0.1) is 12.3 Å². The fourth-order valence-corrected chi connectivity index (χ4v) is 3.99. The Morgan fingerprint density at radius 1 is 1.27 bits per heavy atom. The van der Waals surface area contributed by atoms with Crippen molar-refractivity contribution in [3.05, 3.63) is 17.5 Å². The fourth-order valence-electron chi connectivity index (χ4n) is 3.99. The molecule has 1 aromatic rings. The molecule has 1 N–H and O–H groups in total. The first kappa shape index (κ1) is 15.5. The smallest absolute Gasteiger partial charge is 0.256 e. The lowest BCUT2D eigenvalue weighted by Crippen LogP contribution is -2.44. The van der Waals surface area contributed by atoms with E-state index in [0.717, 1.165) is 6.54 Å². The molecule has 5 nitrogen and oxygen atoms in total. The third-order valence-corrected chi connectivity index (χ3v) is 5.54. The van der Waals surface area contributed by atoms with Crippen LogP contribution in [0.15, 0.2) is 10.8 Å². The van der Waals surface area contributed by atoms with Crippen molar-refractivity contribution in [1.29, 1.82) is 0 Å². The number of hydrogen-bond donors (Lipinski definition) is 1. The van der Waals surface area contributed by atoms with Crippen LogP contribution >= 0.6 is 0 Å². The second-order valence-electron chi connectivity index (χ2n) is 6.97. The molecule has 1 saturated carbocycles. The highest BCUT2D eigenvalue weighted by Crippen LogP contribution is 2.44. The van der Waals surface area contributed by atoms with Crippen molar-refractivity contribution in [2.45, 2.75) is 51.9 Å². The summed E-state index contributed by atoms with van der Waals surface area (Å²) in [5.41, 5.74) is 1.84. The average Bonchev–Trinajstić information content (AvgIpc) is 2.96. The van der Waals surface area contributed by atoms with Crippen molar-refractivity contribution in [2.75, 3.05) is 26.2 Å². The van der Waals surface area contributed by atoms with Crippen molar-refractivity contribution in [3.8, 4) is 0 Å². The molecule has 2 heterocycles. The molecule has 0 aromatic carbocycles. The van der Waals surface area contributed by atoms with Crippen LogP contribution in [0.4, 0.5) is 0 Å². The molecule has 1 saturated heterocycles. The van der Waals surface area contributed by atoms with Crippen molar-refractivity contribution in [1.82, 2.24) is 15.4 Å². The molecular formula is C17H27N3O2. The number of carbonyl (C=O) groups excluding carboxylic acids is 1. The first-order valence-corrected chi connectivity index (χ1v) is 8.60. The van der Waals surface area contributed by atoms with Crippen LogP contribution in [0.25, 0.3) is 0 Å². The van der Waals surface area contributed by atoms with Gasteiger partial charge in [0.1, 0.15) is 11.8 Å². The molecule has 0 atom stereocenters. The average molecular weight is 305 g/mol. The monoisotopic (exact) mass is 305 g/mol. The third kappa shape index (κ3) is 3.51. The maximum Gasteiger partial charge on any atom is 0.256 e. The topological polar surface area (TPSA) is 58.4 Å². The maximum absolute atomic E-state index is 12.0. The molecule has 1 aliphatic heterocycles. The summed E-state index contributed by atoms with van der Waals surface area (Å²) in [4.78, 5) is 14.5. The summed E-state index contributed by atoms with van der Waals surface area (Å²) in [5.74, 6) is -0.0838. The van der Waals surface area contributed by atoms with Gasteiger partial charge in [0, 0.05) is 13.1 Å². The van der Waals surface area contributed by atoms with Crippen molar-refractivity contribution < 1.29 is 9.32 Å². The zero-order chi connectivity index (χ0) is 15.4. The Morgan fingerprint density at radius 3 is 2.64 bits per heavy atom. The van der Waals surface area contributed by atoms with E-state index in [1.165, 1.54) is 64.3 Å². The first-order chi connectivity index (χ1) is 10.7. The molecule has 22 heavy (non-hydrogen) atoms. The first-order valence-electron chi connectivity index (χ1n) is 8.60. The van der Waals surface area contributed by atoms with Gasteiger partial charge in [-0.15, -0.1) is 0 Å². The summed E-state index contributed by atoms with van der Waals surface area (Å²) < 4.78 is 4.81. The molecule has 1 spiro atoms. The van der Waals surface area contributed by atoms with Crippen LogP contribution in [0.5, 0.6) is 0 Å². The van der Waals surface area contributed by atoms with Gasteiger partial charge in [-0.2, -0.15) is 0 Å². The Morgan fingerprint density at radius 2 is 2.00 bits per heavy atom. The number of nitrogens with zero attached hydrogens (tertiary/aromatic N) is 2. The molecule has 3 rings (SSSR count). The lowest BCUT2D eigenvalue weighted by molar-refractivity contribution is 0.0673. The van der Waals surface area contributed by atoms with Crippen LogP contribution in [0.2, 0.25) is 0 Å². The number of likely N-dealkylation sites (tertiary alicyclic amines) is 1. The van der Waals surface area contributed by atoms with E-state index in [1.54, 1.807) is 6.92 Å². The van der Waals surface area contributed by atoms with Gasteiger partial charge in [0.2, 0.25) is 0 Å². The highest BCUT2D eigenvalue weighted by atomic mass is 16.5. The van der Waals surface area contributed by atoms with Crippen LogP contribution in [0.3, 0.4) is 0 Å². The molecular weight excluding hydrogens is 278 g/mol.